The van der Waals surface area contributed by atoms with E-state index in [0.717, 1.165) is 28.9 Å². The molecule has 5 nitrogen and oxygen atoms in total. The van der Waals surface area contributed by atoms with Gasteiger partial charge >= 0.3 is 0 Å². The van der Waals surface area contributed by atoms with Crippen LogP contribution in [-0.4, -0.2) is 34.0 Å². The molecule has 1 aromatic carbocycles. The molecule has 2 heterocycles. The second-order valence-corrected chi connectivity index (χ2v) is 6.52. The fourth-order valence-electron chi connectivity index (χ4n) is 3.43. The van der Waals surface area contributed by atoms with Crippen molar-refractivity contribution >= 4 is 12.2 Å². The third-order valence-corrected chi connectivity index (χ3v) is 5.20. The molecule has 1 saturated heterocycles. The lowest BCUT2D eigenvalue weighted by Crippen LogP contribution is -3.15. The van der Waals surface area contributed by atoms with Crippen LogP contribution < -0.4 is 9.64 Å². The molecule has 1 unspecified atom stereocenters. The van der Waals surface area contributed by atoms with Crippen LogP contribution in [0.4, 0.5) is 0 Å². The Kier molecular flexibility index (Phi) is 5.13. The van der Waals surface area contributed by atoms with Crippen molar-refractivity contribution in [3.05, 3.63) is 35.4 Å². The number of hydrogen-bond donors (Lipinski definition) is 1. The summed E-state index contributed by atoms with van der Waals surface area (Å²) >= 11 is 5.64. The first-order valence-corrected chi connectivity index (χ1v) is 8.77. The summed E-state index contributed by atoms with van der Waals surface area (Å²) in [7, 11) is 1.67. The van der Waals surface area contributed by atoms with E-state index in [4.69, 9.17) is 17.0 Å². The maximum Gasteiger partial charge on any atom is 0.207 e. The molecule has 0 aliphatic carbocycles. The van der Waals surface area contributed by atoms with Crippen LogP contribution in [0.3, 0.4) is 0 Å². The van der Waals surface area contributed by atoms with Gasteiger partial charge in [0.25, 0.3) is 0 Å². The van der Waals surface area contributed by atoms with E-state index in [1.807, 2.05) is 33.5 Å². The molecule has 2 atom stereocenters. The van der Waals surface area contributed by atoms with Gasteiger partial charge in [-0.05, 0) is 50.0 Å². The standard InChI is InChI=1S/C17H24N4OS/c1-3-14-7-4-5-10-19(14)13-21-17(23)20(12-18-21)15-8-6-9-16(11-15)22-2/h6,8-9,11-12,14H,3-5,7,10,13H2,1-2H3/p+1/t14-/m1/s1. The van der Waals surface area contributed by atoms with Gasteiger partial charge in [-0.15, -0.1) is 0 Å². The fourth-order valence-corrected chi connectivity index (χ4v) is 3.69. The van der Waals surface area contributed by atoms with Crippen LogP contribution in [-0.2, 0) is 6.67 Å². The molecule has 1 aliphatic heterocycles. The van der Waals surface area contributed by atoms with Gasteiger partial charge in [-0.1, -0.05) is 13.0 Å². The number of quaternary nitrogens is 1. The highest BCUT2D eigenvalue weighted by molar-refractivity contribution is 7.71. The number of hydrogen-bond acceptors (Lipinski definition) is 3. The van der Waals surface area contributed by atoms with Gasteiger partial charge in [0.1, 0.15) is 12.1 Å². The fraction of sp³-hybridized carbons (Fsp3) is 0.529. The molecule has 1 fully saturated rings. The number of methoxy groups -OCH3 is 1. The zero-order valence-corrected chi connectivity index (χ0v) is 14.7. The van der Waals surface area contributed by atoms with E-state index < -0.39 is 0 Å². The van der Waals surface area contributed by atoms with Crippen molar-refractivity contribution in [3.63, 3.8) is 0 Å². The van der Waals surface area contributed by atoms with Gasteiger partial charge in [0.15, 0.2) is 6.67 Å². The summed E-state index contributed by atoms with van der Waals surface area (Å²) in [5.41, 5.74) is 0.987. The van der Waals surface area contributed by atoms with Crippen molar-refractivity contribution in [2.24, 2.45) is 0 Å². The Morgan fingerprint density at radius 2 is 2.26 bits per heavy atom. The predicted molar refractivity (Wildman–Crippen MR) is 92.7 cm³/mol. The van der Waals surface area contributed by atoms with Crippen LogP contribution in [0.5, 0.6) is 5.75 Å². The minimum absolute atomic E-state index is 0.729. The summed E-state index contributed by atoms with van der Waals surface area (Å²) in [5.74, 6) is 0.824. The van der Waals surface area contributed by atoms with E-state index in [1.54, 1.807) is 18.3 Å². The first kappa shape index (κ1) is 16.2. The van der Waals surface area contributed by atoms with Crippen molar-refractivity contribution in [1.82, 2.24) is 14.3 Å². The van der Waals surface area contributed by atoms with Gasteiger partial charge in [0.05, 0.1) is 25.4 Å². The Balaban J connectivity index is 1.83. The maximum atomic E-state index is 5.64. The van der Waals surface area contributed by atoms with Crippen molar-refractivity contribution < 1.29 is 9.64 Å². The SMILES string of the molecule is CC[C@@H]1CCCC[NH+]1Cn1ncn(-c2cccc(OC)c2)c1=S. The number of rotatable bonds is 5. The Morgan fingerprint density at radius 1 is 1.39 bits per heavy atom. The van der Waals surface area contributed by atoms with Gasteiger partial charge in [0, 0.05) is 6.07 Å². The number of piperidine rings is 1. The lowest BCUT2D eigenvalue weighted by molar-refractivity contribution is -0.953. The summed E-state index contributed by atoms with van der Waals surface area (Å²) < 4.78 is 9.94. The Morgan fingerprint density at radius 3 is 3.04 bits per heavy atom. The molecular formula is C17H25N4OS+. The monoisotopic (exact) mass is 333 g/mol. The topological polar surface area (TPSA) is 36.4 Å². The number of ether oxygens (including phenoxy) is 1. The summed E-state index contributed by atoms with van der Waals surface area (Å²) in [6.45, 7) is 4.35. The molecule has 1 aliphatic rings. The largest absolute Gasteiger partial charge is 0.497 e. The molecule has 1 aromatic heterocycles. The molecule has 0 spiro atoms. The lowest BCUT2D eigenvalue weighted by atomic mass is 10.0. The molecule has 0 saturated carbocycles. The molecule has 6 heteroatoms. The van der Waals surface area contributed by atoms with Gasteiger partial charge < -0.3 is 9.64 Å². The van der Waals surface area contributed by atoms with Crippen LogP contribution in [0.15, 0.2) is 30.6 Å². The van der Waals surface area contributed by atoms with Gasteiger partial charge in [0.2, 0.25) is 4.77 Å². The second kappa shape index (κ2) is 7.27. The Bertz CT molecular complexity index is 709. The highest BCUT2D eigenvalue weighted by Crippen LogP contribution is 2.16. The van der Waals surface area contributed by atoms with Crippen LogP contribution in [0.2, 0.25) is 0 Å². The number of aromatic nitrogens is 3. The van der Waals surface area contributed by atoms with E-state index in [-0.39, 0.29) is 0 Å². The minimum atomic E-state index is 0.729. The normalized spacial score (nSPS) is 21.3. The summed E-state index contributed by atoms with van der Waals surface area (Å²) in [5, 5.41) is 4.52. The first-order valence-electron chi connectivity index (χ1n) is 8.36. The van der Waals surface area contributed by atoms with E-state index in [1.165, 1.54) is 32.2 Å². The minimum Gasteiger partial charge on any atom is -0.497 e. The zero-order valence-electron chi connectivity index (χ0n) is 13.9. The van der Waals surface area contributed by atoms with Crippen molar-refractivity contribution in [2.45, 2.75) is 45.3 Å². The Labute approximate surface area is 142 Å². The quantitative estimate of drug-likeness (QED) is 0.853. The van der Waals surface area contributed by atoms with Gasteiger partial charge in [-0.3, -0.25) is 4.57 Å². The van der Waals surface area contributed by atoms with Crippen LogP contribution in [0, 0.1) is 4.77 Å². The molecule has 3 rings (SSSR count). The average Bonchev–Trinajstić information content (AvgIpc) is 2.96. The Hall–Kier alpha value is -1.66. The number of nitrogens with zero attached hydrogens (tertiary/aromatic N) is 3. The molecule has 0 radical (unpaired) electrons. The van der Waals surface area contributed by atoms with Crippen LogP contribution in [0.1, 0.15) is 32.6 Å². The van der Waals surface area contributed by atoms with Gasteiger partial charge in [-0.2, -0.15) is 9.78 Å². The summed E-state index contributed by atoms with van der Waals surface area (Å²) in [6.07, 6.45) is 7.00. The third-order valence-electron chi connectivity index (χ3n) is 4.79. The van der Waals surface area contributed by atoms with E-state index >= 15 is 0 Å². The highest BCUT2D eigenvalue weighted by Gasteiger charge is 2.25. The average molecular weight is 333 g/mol. The van der Waals surface area contributed by atoms with E-state index in [9.17, 15) is 0 Å². The van der Waals surface area contributed by atoms with Crippen molar-refractivity contribution in [1.29, 1.82) is 0 Å². The third kappa shape index (κ3) is 3.48. The first-order chi connectivity index (χ1) is 11.2. The molecule has 2 aromatic rings. The maximum absolute atomic E-state index is 5.64. The lowest BCUT2D eigenvalue weighted by Gasteiger charge is -2.31. The summed E-state index contributed by atoms with van der Waals surface area (Å²) in [4.78, 5) is 1.60. The van der Waals surface area contributed by atoms with Gasteiger partial charge in [-0.25, -0.2) is 0 Å². The number of benzene rings is 1. The summed E-state index contributed by atoms with van der Waals surface area (Å²) in [6, 6.07) is 8.63. The molecule has 0 amide bonds. The molecule has 1 N–H and O–H groups in total. The van der Waals surface area contributed by atoms with Crippen molar-refractivity contribution in [3.8, 4) is 11.4 Å². The number of nitrogens with one attached hydrogen (secondary N) is 1. The van der Waals surface area contributed by atoms with Crippen LogP contribution >= 0.6 is 12.2 Å². The smallest absolute Gasteiger partial charge is 0.207 e. The molecule has 0 bridgehead atoms. The predicted octanol–water partition coefficient (Wildman–Crippen LogP) is 2.22. The highest BCUT2D eigenvalue weighted by atomic mass is 32.1. The molecule has 23 heavy (non-hydrogen) atoms. The molecular weight excluding hydrogens is 308 g/mol. The van der Waals surface area contributed by atoms with Crippen LogP contribution in [0.25, 0.3) is 5.69 Å². The zero-order chi connectivity index (χ0) is 16.2. The van der Waals surface area contributed by atoms with E-state index in [0.29, 0.717) is 0 Å². The molecule has 124 valence electrons. The second-order valence-electron chi connectivity index (χ2n) is 6.15. The van der Waals surface area contributed by atoms with Crippen molar-refractivity contribution in [2.75, 3.05) is 13.7 Å². The number of likely N-dealkylation sites (tertiary alicyclic amines) is 1. The van der Waals surface area contributed by atoms with E-state index in [2.05, 4.69) is 12.0 Å².